The molecule has 0 saturated heterocycles. The molecule has 1 N–H and O–H groups in total. The molecule has 16 heavy (non-hydrogen) atoms. The molecule has 0 aromatic carbocycles. The highest BCUT2D eigenvalue weighted by Crippen LogP contribution is 2.49. The molecule has 88 valence electrons. The first kappa shape index (κ1) is 11.3. The second-order valence-corrected chi connectivity index (χ2v) is 5.08. The van der Waals surface area contributed by atoms with Crippen molar-refractivity contribution in [2.45, 2.75) is 38.6 Å². The Hall–Kier alpha value is -1.22. The van der Waals surface area contributed by atoms with Crippen LogP contribution in [0.4, 0.5) is 0 Å². The van der Waals surface area contributed by atoms with Gasteiger partial charge in [-0.05, 0) is 49.5 Å². The van der Waals surface area contributed by atoms with E-state index in [1.807, 2.05) is 0 Å². The number of azide groups is 1. The van der Waals surface area contributed by atoms with Gasteiger partial charge in [-0.1, -0.05) is 11.5 Å². The number of carbonyl (C=O) groups is 1. The van der Waals surface area contributed by atoms with E-state index in [0.717, 1.165) is 11.8 Å². The molecule has 2 aliphatic carbocycles. The van der Waals surface area contributed by atoms with Crippen LogP contribution in [0.15, 0.2) is 5.11 Å². The largest absolute Gasteiger partial charge is 0.353 e. The van der Waals surface area contributed by atoms with Crippen molar-refractivity contribution in [3.63, 3.8) is 0 Å². The number of fused-ring (bicyclic) bond motifs is 2. The van der Waals surface area contributed by atoms with Gasteiger partial charge in [-0.3, -0.25) is 4.79 Å². The number of amides is 1. The van der Waals surface area contributed by atoms with E-state index in [1.165, 1.54) is 25.7 Å². The molecule has 0 spiro atoms. The average molecular weight is 222 g/mol. The highest BCUT2D eigenvalue weighted by atomic mass is 16.1. The molecule has 0 aromatic rings. The third kappa shape index (κ3) is 2.30. The van der Waals surface area contributed by atoms with Crippen LogP contribution >= 0.6 is 0 Å². The minimum absolute atomic E-state index is 0.0817. The van der Waals surface area contributed by atoms with Crippen molar-refractivity contribution in [2.24, 2.45) is 22.9 Å². The summed E-state index contributed by atoms with van der Waals surface area (Å²) < 4.78 is 0. The van der Waals surface area contributed by atoms with Gasteiger partial charge < -0.3 is 5.32 Å². The van der Waals surface area contributed by atoms with Crippen LogP contribution in [0.2, 0.25) is 0 Å². The van der Waals surface area contributed by atoms with E-state index in [-0.39, 0.29) is 18.5 Å². The van der Waals surface area contributed by atoms with Gasteiger partial charge in [0.2, 0.25) is 5.91 Å². The number of hydrogen-bond acceptors (Lipinski definition) is 2. The van der Waals surface area contributed by atoms with Crippen LogP contribution in [0.5, 0.6) is 0 Å². The highest BCUT2D eigenvalue weighted by molar-refractivity contribution is 5.78. The summed E-state index contributed by atoms with van der Waals surface area (Å²) in [5.74, 6) is 2.17. The Morgan fingerprint density at radius 1 is 1.56 bits per heavy atom. The Kier molecular flexibility index (Phi) is 3.34. The summed E-state index contributed by atoms with van der Waals surface area (Å²) in [4.78, 5) is 14.0. The Labute approximate surface area is 95.2 Å². The topological polar surface area (TPSA) is 77.9 Å². The molecular weight excluding hydrogens is 204 g/mol. The number of hydrogen-bond donors (Lipinski definition) is 1. The summed E-state index contributed by atoms with van der Waals surface area (Å²) in [7, 11) is 0. The number of rotatable bonds is 4. The molecule has 0 radical (unpaired) electrons. The maximum absolute atomic E-state index is 11.4. The van der Waals surface area contributed by atoms with Crippen LogP contribution in [0.25, 0.3) is 10.4 Å². The normalized spacial score (nSPS) is 33.2. The van der Waals surface area contributed by atoms with Gasteiger partial charge in [-0.2, -0.15) is 0 Å². The predicted molar refractivity (Wildman–Crippen MR) is 60.6 cm³/mol. The zero-order chi connectivity index (χ0) is 11.5. The second kappa shape index (κ2) is 4.74. The van der Waals surface area contributed by atoms with Gasteiger partial charge >= 0.3 is 0 Å². The third-order valence-corrected chi connectivity index (χ3v) is 4.10. The molecule has 0 aliphatic heterocycles. The maximum atomic E-state index is 11.4. The van der Waals surface area contributed by atoms with Crippen molar-refractivity contribution in [3.8, 4) is 0 Å². The van der Waals surface area contributed by atoms with E-state index in [4.69, 9.17) is 5.53 Å². The average Bonchev–Trinajstić information content (AvgIpc) is 2.87. The maximum Gasteiger partial charge on any atom is 0.226 e. The first-order valence-corrected chi connectivity index (χ1v) is 6.01. The summed E-state index contributed by atoms with van der Waals surface area (Å²) >= 11 is 0. The summed E-state index contributed by atoms with van der Waals surface area (Å²) in [5.41, 5.74) is 8.13. The Morgan fingerprint density at radius 2 is 2.38 bits per heavy atom. The number of nitrogens with one attached hydrogen (secondary N) is 1. The van der Waals surface area contributed by atoms with E-state index >= 15 is 0 Å². The number of carbonyl (C=O) groups excluding carboxylic acids is 1. The van der Waals surface area contributed by atoms with E-state index in [0.29, 0.717) is 5.92 Å². The molecule has 2 fully saturated rings. The van der Waals surface area contributed by atoms with E-state index in [1.54, 1.807) is 0 Å². The van der Waals surface area contributed by atoms with E-state index in [2.05, 4.69) is 22.3 Å². The quantitative estimate of drug-likeness (QED) is 0.442. The van der Waals surface area contributed by atoms with Crippen LogP contribution in [-0.2, 0) is 4.79 Å². The van der Waals surface area contributed by atoms with Crippen LogP contribution in [0, 0.1) is 17.8 Å². The van der Waals surface area contributed by atoms with Gasteiger partial charge in [0.15, 0.2) is 0 Å². The van der Waals surface area contributed by atoms with Crippen LogP contribution < -0.4 is 5.32 Å². The van der Waals surface area contributed by atoms with Crippen LogP contribution in [-0.4, -0.2) is 18.5 Å². The molecule has 2 saturated carbocycles. The highest BCUT2D eigenvalue weighted by Gasteiger charge is 2.41. The fourth-order valence-electron chi connectivity index (χ4n) is 3.41. The SMILES string of the molecule is CC(NC(=O)CN=[N+]=[N-])C1CC2CCC1C2. The van der Waals surface area contributed by atoms with E-state index in [9.17, 15) is 4.79 Å². The smallest absolute Gasteiger partial charge is 0.226 e. The minimum atomic E-state index is -0.159. The van der Waals surface area contributed by atoms with Gasteiger partial charge in [0.1, 0.15) is 6.54 Å². The predicted octanol–water partition coefficient (Wildman–Crippen LogP) is 2.24. The molecular formula is C11H18N4O. The van der Waals surface area contributed by atoms with Gasteiger partial charge in [0, 0.05) is 11.0 Å². The lowest BCUT2D eigenvalue weighted by molar-refractivity contribution is -0.120. The summed E-state index contributed by atoms with van der Waals surface area (Å²) in [6, 6.07) is 0.219. The molecule has 5 heteroatoms. The van der Waals surface area contributed by atoms with Crippen LogP contribution in [0.1, 0.15) is 32.6 Å². The lowest BCUT2D eigenvalue weighted by Gasteiger charge is -2.28. The summed E-state index contributed by atoms with van der Waals surface area (Å²) in [6.45, 7) is 1.99. The molecule has 2 aliphatic rings. The second-order valence-electron chi connectivity index (χ2n) is 5.08. The molecule has 2 bridgehead atoms. The Balaban J connectivity index is 1.81. The van der Waals surface area contributed by atoms with Gasteiger partial charge in [0.25, 0.3) is 0 Å². The molecule has 2 rings (SSSR count). The van der Waals surface area contributed by atoms with Crippen molar-refractivity contribution < 1.29 is 4.79 Å². The van der Waals surface area contributed by atoms with Crippen molar-refractivity contribution in [1.29, 1.82) is 0 Å². The molecule has 1 amide bonds. The summed E-state index contributed by atoms with van der Waals surface area (Å²) in [5, 5.41) is 6.21. The van der Waals surface area contributed by atoms with E-state index < -0.39 is 0 Å². The van der Waals surface area contributed by atoms with Crippen molar-refractivity contribution in [1.82, 2.24) is 5.32 Å². The van der Waals surface area contributed by atoms with Gasteiger partial charge in [-0.25, -0.2) is 0 Å². The molecule has 4 unspecified atom stereocenters. The van der Waals surface area contributed by atoms with Crippen molar-refractivity contribution in [2.75, 3.05) is 6.54 Å². The lowest BCUT2D eigenvalue weighted by Crippen LogP contribution is -2.41. The first-order valence-electron chi connectivity index (χ1n) is 6.01. The first-order chi connectivity index (χ1) is 7.70. The molecule has 0 aromatic heterocycles. The molecule has 4 atom stereocenters. The van der Waals surface area contributed by atoms with Crippen LogP contribution in [0.3, 0.4) is 0 Å². The van der Waals surface area contributed by atoms with Crippen molar-refractivity contribution >= 4 is 5.91 Å². The molecule has 0 heterocycles. The standard InChI is InChI=1S/C11H18N4O/c1-7(14-11(16)6-13-15-12)10-5-8-2-3-9(10)4-8/h7-10H,2-6H2,1H3,(H,14,16). The lowest BCUT2D eigenvalue weighted by atomic mass is 9.84. The zero-order valence-corrected chi connectivity index (χ0v) is 9.59. The fourth-order valence-corrected chi connectivity index (χ4v) is 3.41. The Bertz CT molecular complexity index is 324. The minimum Gasteiger partial charge on any atom is -0.353 e. The fraction of sp³-hybridized carbons (Fsp3) is 0.909. The van der Waals surface area contributed by atoms with Gasteiger partial charge in [-0.15, -0.1) is 0 Å². The monoisotopic (exact) mass is 222 g/mol. The van der Waals surface area contributed by atoms with Gasteiger partial charge in [0.05, 0.1) is 0 Å². The number of nitrogens with zero attached hydrogens (tertiary/aromatic N) is 3. The third-order valence-electron chi connectivity index (χ3n) is 4.10. The zero-order valence-electron chi connectivity index (χ0n) is 9.59. The summed E-state index contributed by atoms with van der Waals surface area (Å²) in [6.07, 6.45) is 5.31. The Morgan fingerprint density at radius 3 is 2.94 bits per heavy atom. The molecule has 5 nitrogen and oxygen atoms in total. The van der Waals surface area contributed by atoms with Crippen molar-refractivity contribution in [3.05, 3.63) is 10.4 Å².